The number of piperidine rings is 1. The summed E-state index contributed by atoms with van der Waals surface area (Å²) in [6.45, 7) is 12.7. The van der Waals surface area contributed by atoms with Crippen molar-refractivity contribution in [3.8, 4) is 23.3 Å². The lowest BCUT2D eigenvalue weighted by Crippen LogP contribution is -2.62. The van der Waals surface area contributed by atoms with Crippen LogP contribution in [0.5, 0.6) is 5.88 Å². The lowest BCUT2D eigenvalue weighted by molar-refractivity contribution is 0.160. The summed E-state index contributed by atoms with van der Waals surface area (Å²) in [7, 11) is 3.75. The summed E-state index contributed by atoms with van der Waals surface area (Å²) < 4.78 is 7.44. The number of rotatable bonds is 7. The lowest BCUT2D eigenvalue weighted by Gasteiger charge is -2.49. The fourth-order valence-electron chi connectivity index (χ4n) is 5.08. The van der Waals surface area contributed by atoms with Crippen LogP contribution in [-0.2, 0) is 7.05 Å². The molecule has 0 amide bonds. The van der Waals surface area contributed by atoms with Crippen molar-refractivity contribution in [3.05, 3.63) is 24.0 Å². The van der Waals surface area contributed by atoms with E-state index in [4.69, 9.17) is 9.72 Å². The molecule has 12 heteroatoms. The van der Waals surface area contributed by atoms with E-state index in [1.165, 1.54) is 0 Å². The molecule has 0 bridgehead atoms. The van der Waals surface area contributed by atoms with Gasteiger partial charge >= 0.3 is 0 Å². The maximum Gasteiger partial charge on any atom is 0.229 e. The standard InChI is InChI=1S/C25H35N11O/c1-15(2)37-22-19(21-31-33-34-36(21)8)9-17(14-27-22)29-23-28-13-16(12-26)20(30-23)35(7)18-10-24(3,4)32-25(5,6)11-18/h9,13-15,18,32H,10-11H2,1-8H3,(H,28,29,30). The van der Waals surface area contributed by atoms with Crippen LogP contribution in [0.1, 0.15) is 59.9 Å². The molecule has 3 aromatic heterocycles. The average Bonchev–Trinajstić information content (AvgIpc) is 3.22. The molecule has 12 nitrogen and oxygen atoms in total. The minimum atomic E-state index is -0.0730. The highest BCUT2D eigenvalue weighted by molar-refractivity contribution is 5.69. The van der Waals surface area contributed by atoms with Gasteiger partial charge in [0.15, 0.2) is 11.6 Å². The van der Waals surface area contributed by atoms with Crippen LogP contribution in [0.15, 0.2) is 18.5 Å². The van der Waals surface area contributed by atoms with Crippen molar-refractivity contribution in [3.63, 3.8) is 0 Å². The summed E-state index contributed by atoms with van der Waals surface area (Å²) in [4.78, 5) is 15.7. The maximum atomic E-state index is 9.79. The fraction of sp³-hybridized carbons (Fsp3) is 0.560. The van der Waals surface area contributed by atoms with Gasteiger partial charge in [0.1, 0.15) is 11.6 Å². The Kier molecular flexibility index (Phi) is 7.01. The van der Waals surface area contributed by atoms with Gasteiger partial charge < -0.3 is 20.3 Å². The minimum absolute atomic E-state index is 0.0435. The highest BCUT2D eigenvalue weighted by Gasteiger charge is 2.40. The number of aryl methyl sites for hydroxylation is 1. The molecule has 0 spiro atoms. The molecule has 37 heavy (non-hydrogen) atoms. The molecular weight excluding hydrogens is 470 g/mol. The molecule has 0 radical (unpaired) electrons. The Hall–Kier alpha value is -3.85. The summed E-state index contributed by atoms with van der Waals surface area (Å²) in [5.74, 6) is 1.89. The van der Waals surface area contributed by atoms with Crippen LogP contribution < -0.4 is 20.3 Å². The summed E-state index contributed by atoms with van der Waals surface area (Å²) in [5.41, 5.74) is 1.61. The van der Waals surface area contributed by atoms with Gasteiger partial charge in [0.25, 0.3) is 0 Å². The van der Waals surface area contributed by atoms with Crippen molar-refractivity contribution in [2.24, 2.45) is 7.05 Å². The van der Waals surface area contributed by atoms with Gasteiger partial charge in [-0.1, -0.05) is 0 Å². The summed E-state index contributed by atoms with van der Waals surface area (Å²) in [6, 6.07) is 4.29. The van der Waals surface area contributed by atoms with E-state index in [1.807, 2.05) is 27.0 Å². The van der Waals surface area contributed by atoms with Gasteiger partial charge in [0.2, 0.25) is 11.8 Å². The Morgan fingerprint density at radius 3 is 2.49 bits per heavy atom. The van der Waals surface area contributed by atoms with Crippen LogP contribution in [0.2, 0.25) is 0 Å². The molecule has 1 aliphatic rings. The number of nitrogens with one attached hydrogen (secondary N) is 2. The van der Waals surface area contributed by atoms with E-state index in [9.17, 15) is 5.26 Å². The molecule has 0 saturated carbocycles. The molecule has 4 heterocycles. The topological polar surface area (TPSA) is 143 Å². The largest absolute Gasteiger partial charge is 0.474 e. The Balaban J connectivity index is 1.66. The molecular formula is C25H35N11O. The van der Waals surface area contributed by atoms with Crippen molar-refractivity contribution < 1.29 is 4.74 Å². The van der Waals surface area contributed by atoms with Crippen LogP contribution in [-0.4, -0.2) is 65.4 Å². The summed E-state index contributed by atoms with van der Waals surface area (Å²) in [5, 5.41) is 28.5. The van der Waals surface area contributed by atoms with Gasteiger partial charge in [-0.3, -0.25) is 0 Å². The van der Waals surface area contributed by atoms with Gasteiger partial charge in [0, 0.05) is 31.2 Å². The Bertz CT molecular complexity index is 1290. The monoisotopic (exact) mass is 505 g/mol. The molecule has 196 valence electrons. The number of nitriles is 1. The Morgan fingerprint density at radius 1 is 1.19 bits per heavy atom. The van der Waals surface area contributed by atoms with Gasteiger partial charge in [-0.25, -0.2) is 14.6 Å². The van der Waals surface area contributed by atoms with Gasteiger partial charge in [-0.2, -0.15) is 10.2 Å². The SMILES string of the molecule is CC(C)Oc1ncc(Nc2ncc(C#N)c(N(C)C3CC(C)(C)NC(C)(C)C3)n2)cc1-c1nnnn1C. The normalized spacial score (nSPS) is 16.9. The van der Waals surface area contributed by atoms with Crippen LogP contribution in [0, 0.1) is 11.3 Å². The average molecular weight is 506 g/mol. The lowest BCUT2D eigenvalue weighted by atomic mass is 9.79. The van der Waals surface area contributed by atoms with E-state index >= 15 is 0 Å². The molecule has 2 N–H and O–H groups in total. The third-order valence-corrected chi connectivity index (χ3v) is 6.26. The van der Waals surface area contributed by atoms with Crippen molar-refractivity contribution >= 4 is 17.5 Å². The highest BCUT2D eigenvalue weighted by Crippen LogP contribution is 2.34. The van der Waals surface area contributed by atoms with Crippen molar-refractivity contribution in [1.82, 2.24) is 40.5 Å². The van der Waals surface area contributed by atoms with Crippen LogP contribution in [0.3, 0.4) is 0 Å². The third-order valence-electron chi connectivity index (χ3n) is 6.26. The van der Waals surface area contributed by atoms with Crippen LogP contribution >= 0.6 is 0 Å². The number of tetrazole rings is 1. The fourth-order valence-corrected chi connectivity index (χ4v) is 5.08. The highest BCUT2D eigenvalue weighted by atomic mass is 16.5. The molecule has 1 saturated heterocycles. The van der Waals surface area contributed by atoms with Gasteiger partial charge in [-0.15, -0.1) is 5.10 Å². The zero-order chi connectivity index (χ0) is 27.0. The molecule has 3 aromatic rings. The first-order valence-corrected chi connectivity index (χ1v) is 12.3. The number of anilines is 3. The predicted octanol–water partition coefficient (Wildman–Crippen LogP) is 3.21. The zero-order valence-corrected chi connectivity index (χ0v) is 22.7. The first kappa shape index (κ1) is 26.2. The number of pyridine rings is 1. The summed E-state index contributed by atoms with van der Waals surface area (Å²) in [6.07, 6.45) is 4.96. The second kappa shape index (κ2) is 9.89. The van der Waals surface area contributed by atoms with Crippen LogP contribution in [0.4, 0.5) is 17.5 Å². The van der Waals surface area contributed by atoms with E-state index in [2.05, 4.69) is 74.8 Å². The Morgan fingerprint density at radius 2 is 1.89 bits per heavy atom. The quantitative estimate of drug-likeness (QED) is 0.488. The number of hydrogen-bond donors (Lipinski definition) is 2. The molecule has 0 unspecified atom stereocenters. The second-order valence-corrected chi connectivity index (χ2v) is 11.1. The van der Waals surface area contributed by atoms with Crippen molar-refractivity contribution in [1.29, 1.82) is 5.26 Å². The first-order valence-electron chi connectivity index (χ1n) is 12.3. The molecule has 1 aliphatic heterocycles. The number of ether oxygens (including phenoxy) is 1. The molecule has 0 atom stereocenters. The molecule has 1 fully saturated rings. The van der Waals surface area contributed by atoms with Crippen LogP contribution in [0.25, 0.3) is 11.4 Å². The maximum absolute atomic E-state index is 9.79. The Labute approximate surface area is 217 Å². The number of hydrogen-bond acceptors (Lipinski definition) is 11. The predicted molar refractivity (Wildman–Crippen MR) is 141 cm³/mol. The van der Waals surface area contributed by atoms with E-state index in [0.717, 1.165) is 12.8 Å². The number of aromatic nitrogens is 7. The van der Waals surface area contributed by atoms with E-state index < -0.39 is 0 Å². The van der Waals surface area contributed by atoms with Crippen molar-refractivity contribution in [2.45, 2.75) is 77.6 Å². The summed E-state index contributed by atoms with van der Waals surface area (Å²) >= 11 is 0. The van der Waals surface area contributed by atoms with E-state index in [1.54, 1.807) is 24.1 Å². The van der Waals surface area contributed by atoms with E-state index in [0.29, 0.717) is 40.3 Å². The van der Waals surface area contributed by atoms with Gasteiger partial charge in [-0.05, 0) is 70.9 Å². The van der Waals surface area contributed by atoms with Crippen molar-refractivity contribution in [2.75, 3.05) is 17.3 Å². The van der Waals surface area contributed by atoms with Gasteiger partial charge in [0.05, 0.1) is 29.7 Å². The smallest absolute Gasteiger partial charge is 0.229 e. The molecule has 4 rings (SSSR count). The third kappa shape index (κ3) is 5.94. The minimum Gasteiger partial charge on any atom is -0.474 e. The first-order chi connectivity index (χ1) is 17.4. The zero-order valence-electron chi connectivity index (χ0n) is 22.7. The second-order valence-electron chi connectivity index (χ2n) is 11.1. The van der Waals surface area contributed by atoms with E-state index in [-0.39, 0.29) is 23.2 Å². The molecule has 0 aliphatic carbocycles. The number of nitrogens with zero attached hydrogens (tertiary/aromatic N) is 9. The molecule has 0 aromatic carbocycles.